The number of benzene rings is 1. The molecule has 0 unspecified atom stereocenters. The molecule has 0 amide bonds. The van der Waals surface area contributed by atoms with Gasteiger partial charge in [0.15, 0.2) is 5.11 Å². The van der Waals surface area contributed by atoms with Crippen LogP contribution in [-0.2, 0) is 6.18 Å². The van der Waals surface area contributed by atoms with Crippen LogP contribution in [0, 0.1) is 0 Å². The standard InChI is InChI=1S/C27H31F3N8S/c1-36(19-13-32-26(39)33-22-10-8-21(9-11-22)27(28,29)30)18-12-31-23-20-24(37-14-4-2-5-15-37)35-25(34-23)38-16-6-3-7-17-38/h2-11,14,16,20H,12-13,15,17-19H2,1H3,(H,31,34,35)(H2,32,33,39). The maximum Gasteiger partial charge on any atom is 0.416 e. The second-order valence-electron chi connectivity index (χ2n) is 8.94. The van der Waals surface area contributed by atoms with Crippen molar-refractivity contribution < 1.29 is 13.2 Å². The summed E-state index contributed by atoms with van der Waals surface area (Å²) in [5, 5.41) is 9.75. The minimum atomic E-state index is -4.36. The molecule has 2 aromatic rings. The van der Waals surface area contributed by atoms with Crippen molar-refractivity contribution >= 4 is 40.6 Å². The minimum absolute atomic E-state index is 0.352. The number of hydrogen-bond donors (Lipinski definition) is 3. The number of thiocarbonyl (C=S) groups is 1. The summed E-state index contributed by atoms with van der Waals surface area (Å²) >= 11 is 5.26. The van der Waals surface area contributed by atoms with Crippen molar-refractivity contribution in [3.05, 3.63) is 84.8 Å². The summed E-state index contributed by atoms with van der Waals surface area (Å²) < 4.78 is 38.1. The smallest absolute Gasteiger partial charge is 0.369 e. The molecule has 8 nitrogen and oxygen atoms in total. The molecule has 0 saturated carbocycles. The van der Waals surface area contributed by atoms with Gasteiger partial charge in [-0.25, -0.2) is 0 Å². The van der Waals surface area contributed by atoms with E-state index in [2.05, 4.69) is 37.9 Å². The number of rotatable bonds is 10. The summed E-state index contributed by atoms with van der Waals surface area (Å²) in [6, 6.07) is 6.71. The van der Waals surface area contributed by atoms with Gasteiger partial charge in [0.1, 0.15) is 11.6 Å². The van der Waals surface area contributed by atoms with Gasteiger partial charge in [-0.15, -0.1) is 0 Å². The van der Waals surface area contributed by atoms with Crippen LogP contribution in [0.15, 0.2) is 79.2 Å². The van der Waals surface area contributed by atoms with E-state index < -0.39 is 11.7 Å². The molecule has 12 heteroatoms. The second-order valence-corrected chi connectivity index (χ2v) is 9.35. The fourth-order valence-corrected chi connectivity index (χ4v) is 4.03. The Kier molecular flexibility index (Phi) is 9.55. The van der Waals surface area contributed by atoms with Crippen LogP contribution in [0.3, 0.4) is 0 Å². The highest BCUT2D eigenvalue weighted by molar-refractivity contribution is 7.80. The topological polar surface area (TPSA) is 71.6 Å². The molecule has 0 bridgehead atoms. The van der Waals surface area contributed by atoms with Crippen molar-refractivity contribution in [1.29, 1.82) is 0 Å². The highest BCUT2D eigenvalue weighted by Crippen LogP contribution is 2.29. The first-order valence-corrected chi connectivity index (χ1v) is 12.9. The second kappa shape index (κ2) is 13.3. The molecular formula is C27H31F3N8S. The van der Waals surface area contributed by atoms with E-state index in [0.717, 1.165) is 36.9 Å². The van der Waals surface area contributed by atoms with Crippen LogP contribution in [0.4, 0.5) is 36.4 Å². The fourth-order valence-electron chi connectivity index (χ4n) is 3.81. The summed E-state index contributed by atoms with van der Waals surface area (Å²) in [6.45, 7) is 4.18. The van der Waals surface area contributed by atoms with Crippen molar-refractivity contribution in [2.75, 3.05) is 66.7 Å². The van der Waals surface area contributed by atoms with Crippen LogP contribution >= 0.6 is 12.2 Å². The Morgan fingerprint density at radius 3 is 2.26 bits per heavy atom. The van der Waals surface area contributed by atoms with E-state index in [1.807, 2.05) is 54.7 Å². The molecule has 3 N–H and O–H groups in total. The van der Waals surface area contributed by atoms with E-state index in [0.29, 0.717) is 42.9 Å². The summed E-state index contributed by atoms with van der Waals surface area (Å²) in [5.74, 6) is 2.19. The SMILES string of the molecule is CN(CCNC(=S)Nc1ccc(C(F)(F)F)cc1)CCNc1cc(N2C=CC=CC2)nc(N2C=CC=CC2)n1. The van der Waals surface area contributed by atoms with Gasteiger partial charge in [0.05, 0.1) is 5.56 Å². The molecule has 0 atom stereocenters. The molecule has 206 valence electrons. The predicted octanol–water partition coefficient (Wildman–Crippen LogP) is 4.61. The van der Waals surface area contributed by atoms with Crippen LogP contribution in [-0.4, -0.2) is 66.3 Å². The summed E-state index contributed by atoms with van der Waals surface area (Å²) in [4.78, 5) is 15.7. The van der Waals surface area contributed by atoms with Crippen molar-refractivity contribution in [2.24, 2.45) is 0 Å². The van der Waals surface area contributed by atoms with E-state index in [1.54, 1.807) is 0 Å². The first-order chi connectivity index (χ1) is 18.8. The number of nitrogens with zero attached hydrogens (tertiary/aromatic N) is 5. The number of aromatic nitrogens is 2. The van der Waals surface area contributed by atoms with Gasteiger partial charge >= 0.3 is 6.18 Å². The number of halogens is 3. The van der Waals surface area contributed by atoms with E-state index >= 15 is 0 Å². The lowest BCUT2D eigenvalue weighted by atomic mass is 10.2. The van der Waals surface area contributed by atoms with Gasteiger partial charge in [-0.2, -0.15) is 23.1 Å². The average molecular weight is 557 g/mol. The van der Waals surface area contributed by atoms with Crippen LogP contribution in [0.2, 0.25) is 0 Å². The predicted molar refractivity (Wildman–Crippen MR) is 155 cm³/mol. The maximum atomic E-state index is 12.7. The lowest BCUT2D eigenvalue weighted by Crippen LogP contribution is -2.36. The van der Waals surface area contributed by atoms with E-state index in [1.165, 1.54) is 12.1 Å². The molecule has 0 aliphatic carbocycles. The molecule has 0 spiro atoms. The van der Waals surface area contributed by atoms with E-state index in [-0.39, 0.29) is 0 Å². The number of anilines is 4. The molecule has 3 heterocycles. The van der Waals surface area contributed by atoms with Crippen LogP contribution < -0.4 is 25.8 Å². The lowest BCUT2D eigenvalue weighted by molar-refractivity contribution is -0.137. The number of alkyl halides is 3. The van der Waals surface area contributed by atoms with Crippen LogP contribution in [0.25, 0.3) is 0 Å². The Morgan fingerprint density at radius 2 is 1.62 bits per heavy atom. The molecule has 0 saturated heterocycles. The number of likely N-dealkylation sites (N-methyl/N-ethyl adjacent to an activating group) is 1. The first-order valence-electron chi connectivity index (χ1n) is 12.5. The van der Waals surface area contributed by atoms with E-state index in [9.17, 15) is 13.2 Å². The molecule has 0 radical (unpaired) electrons. The van der Waals surface area contributed by atoms with Crippen molar-refractivity contribution in [1.82, 2.24) is 20.2 Å². The quantitative estimate of drug-likeness (QED) is 0.364. The summed E-state index contributed by atoms with van der Waals surface area (Å²) in [7, 11) is 2.00. The Hall–Kier alpha value is -3.90. The van der Waals surface area contributed by atoms with Crippen molar-refractivity contribution in [3.63, 3.8) is 0 Å². The average Bonchev–Trinajstić information content (AvgIpc) is 2.94. The maximum absolute atomic E-state index is 12.7. The molecule has 1 aromatic carbocycles. The Balaban J connectivity index is 1.23. The van der Waals surface area contributed by atoms with Crippen molar-refractivity contribution in [3.8, 4) is 0 Å². The third kappa shape index (κ3) is 8.55. The van der Waals surface area contributed by atoms with Gasteiger partial charge in [0.25, 0.3) is 0 Å². The van der Waals surface area contributed by atoms with Crippen molar-refractivity contribution in [2.45, 2.75) is 6.18 Å². The van der Waals surface area contributed by atoms with Gasteiger partial charge in [-0.05, 0) is 55.7 Å². The number of hydrogen-bond acceptors (Lipinski definition) is 7. The van der Waals surface area contributed by atoms with Gasteiger partial charge in [-0.1, -0.05) is 24.3 Å². The third-order valence-electron chi connectivity index (χ3n) is 5.93. The molecule has 39 heavy (non-hydrogen) atoms. The molecule has 2 aliphatic rings. The Morgan fingerprint density at radius 1 is 0.949 bits per heavy atom. The molecule has 4 rings (SSSR count). The van der Waals surface area contributed by atoms with Gasteiger partial charge in [-0.3, -0.25) is 0 Å². The van der Waals surface area contributed by atoms with Gasteiger partial charge in [0, 0.05) is 63.4 Å². The number of nitrogens with one attached hydrogen (secondary N) is 3. The first kappa shape index (κ1) is 28.1. The summed E-state index contributed by atoms with van der Waals surface area (Å²) in [5.41, 5.74) is -0.202. The molecular weight excluding hydrogens is 525 g/mol. The normalized spacial score (nSPS) is 14.7. The summed E-state index contributed by atoms with van der Waals surface area (Å²) in [6.07, 6.45) is 11.7. The highest BCUT2D eigenvalue weighted by atomic mass is 32.1. The minimum Gasteiger partial charge on any atom is -0.369 e. The van der Waals surface area contributed by atoms with E-state index in [4.69, 9.17) is 22.2 Å². The zero-order valence-electron chi connectivity index (χ0n) is 21.5. The monoisotopic (exact) mass is 556 g/mol. The Bertz CT molecular complexity index is 1190. The van der Waals surface area contributed by atoms with Crippen LogP contribution in [0.1, 0.15) is 5.56 Å². The Labute approximate surface area is 231 Å². The van der Waals surface area contributed by atoms with Crippen LogP contribution in [0.5, 0.6) is 0 Å². The largest absolute Gasteiger partial charge is 0.416 e. The molecule has 2 aliphatic heterocycles. The lowest BCUT2D eigenvalue weighted by Gasteiger charge is -2.24. The fraction of sp³-hybridized carbons (Fsp3) is 0.296. The zero-order chi connectivity index (χ0) is 27.7. The van der Waals surface area contributed by atoms with Gasteiger partial charge < -0.3 is 30.7 Å². The molecule has 1 aromatic heterocycles. The highest BCUT2D eigenvalue weighted by Gasteiger charge is 2.29. The third-order valence-corrected chi connectivity index (χ3v) is 6.18. The molecule has 0 fully saturated rings. The number of allylic oxidation sites excluding steroid dienone is 4. The van der Waals surface area contributed by atoms with Gasteiger partial charge in [0.2, 0.25) is 5.95 Å². The zero-order valence-corrected chi connectivity index (χ0v) is 22.3.